The van der Waals surface area contributed by atoms with Crippen LogP contribution in [0.25, 0.3) is 0 Å². The molecule has 0 bridgehead atoms. The molecular weight excluding hydrogens is 206 g/mol. The van der Waals surface area contributed by atoms with E-state index in [1.54, 1.807) is 0 Å². The average Bonchev–Trinajstić information content (AvgIpc) is 2.27. The molecular formula is C12H25NO3. The highest BCUT2D eigenvalue weighted by Crippen LogP contribution is 2.25. The molecule has 0 heterocycles. The lowest BCUT2D eigenvalue weighted by molar-refractivity contribution is -0.0304. The Labute approximate surface area is 98.1 Å². The number of aliphatic hydroxyl groups is 1. The molecule has 1 atom stereocenters. The lowest BCUT2D eigenvalue weighted by atomic mass is 9.83. The maximum Gasteiger partial charge on any atom is 0.101 e. The highest BCUT2D eigenvalue weighted by atomic mass is 16.5. The molecule has 0 aromatic rings. The van der Waals surface area contributed by atoms with E-state index >= 15 is 0 Å². The lowest BCUT2D eigenvalue weighted by Gasteiger charge is -2.33. The first-order chi connectivity index (χ1) is 7.66. The molecule has 16 heavy (non-hydrogen) atoms. The number of nitrogens with two attached hydrogens (primary N) is 1. The highest BCUT2D eigenvalue weighted by molar-refractivity contribution is 4.87. The summed E-state index contributed by atoms with van der Waals surface area (Å²) in [5.41, 5.74) is 6.04. The zero-order valence-electron chi connectivity index (χ0n) is 10.3. The van der Waals surface area contributed by atoms with Crippen molar-refractivity contribution in [2.45, 2.75) is 50.7 Å². The summed E-state index contributed by atoms with van der Waals surface area (Å²) in [6.07, 6.45) is 5.21. The Bertz CT molecular complexity index is 181. The van der Waals surface area contributed by atoms with Gasteiger partial charge >= 0.3 is 0 Å². The number of hydrogen-bond acceptors (Lipinski definition) is 4. The fraction of sp³-hybridized carbons (Fsp3) is 1.00. The van der Waals surface area contributed by atoms with Gasteiger partial charge in [0.1, 0.15) is 6.10 Å². The molecule has 1 rings (SSSR count). The summed E-state index contributed by atoms with van der Waals surface area (Å²) in [5, 5.41) is 9.50. The van der Waals surface area contributed by atoms with E-state index in [9.17, 15) is 5.11 Å². The fourth-order valence-corrected chi connectivity index (χ4v) is 2.10. The van der Waals surface area contributed by atoms with E-state index in [0.29, 0.717) is 26.4 Å². The van der Waals surface area contributed by atoms with Gasteiger partial charge < -0.3 is 20.3 Å². The second kappa shape index (κ2) is 7.22. The summed E-state index contributed by atoms with van der Waals surface area (Å²) in [6.45, 7) is 3.74. The Hall–Kier alpha value is -0.160. The summed E-state index contributed by atoms with van der Waals surface area (Å²) >= 11 is 0. The van der Waals surface area contributed by atoms with Crippen LogP contribution in [0.3, 0.4) is 0 Å². The molecule has 0 aromatic heterocycles. The van der Waals surface area contributed by atoms with Crippen molar-refractivity contribution >= 4 is 0 Å². The van der Waals surface area contributed by atoms with Gasteiger partial charge in [-0.05, 0) is 19.8 Å². The molecule has 4 nitrogen and oxygen atoms in total. The molecule has 1 aliphatic carbocycles. The zero-order chi connectivity index (χ0) is 11.9. The van der Waals surface area contributed by atoms with Crippen LogP contribution in [0.5, 0.6) is 0 Å². The summed E-state index contributed by atoms with van der Waals surface area (Å²) in [6, 6.07) is 0. The number of aliphatic hydroxyl groups excluding tert-OH is 1. The first-order valence-electron chi connectivity index (χ1n) is 6.29. The number of rotatable bonds is 7. The van der Waals surface area contributed by atoms with Gasteiger partial charge in [0, 0.05) is 12.1 Å². The second-order valence-electron chi connectivity index (χ2n) is 4.75. The fourth-order valence-electron chi connectivity index (χ4n) is 2.10. The van der Waals surface area contributed by atoms with Crippen molar-refractivity contribution in [3.05, 3.63) is 0 Å². The van der Waals surface area contributed by atoms with Crippen molar-refractivity contribution in [2.75, 3.05) is 26.4 Å². The topological polar surface area (TPSA) is 64.7 Å². The predicted molar refractivity (Wildman–Crippen MR) is 63.3 cm³/mol. The Balaban J connectivity index is 2.09. The Kier molecular flexibility index (Phi) is 6.28. The Morgan fingerprint density at radius 1 is 1.19 bits per heavy atom. The first kappa shape index (κ1) is 13.9. The van der Waals surface area contributed by atoms with Crippen molar-refractivity contribution in [3.63, 3.8) is 0 Å². The maximum atomic E-state index is 9.50. The van der Waals surface area contributed by atoms with E-state index in [2.05, 4.69) is 0 Å². The molecule has 3 N–H and O–H groups in total. The minimum atomic E-state index is -0.535. The normalized spacial score (nSPS) is 21.9. The third-order valence-electron chi connectivity index (χ3n) is 3.06. The van der Waals surface area contributed by atoms with Crippen LogP contribution in [0.4, 0.5) is 0 Å². The van der Waals surface area contributed by atoms with E-state index in [4.69, 9.17) is 15.2 Å². The molecule has 0 saturated heterocycles. The molecule has 0 aromatic carbocycles. The molecule has 0 aliphatic heterocycles. The third-order valence-corrected chi connectivity index (χ3v) is 3.06. The largest absolute Gasteiger partial charge is 0.388 e. The van der Waals surface area contributed by atoms with E-state index in [0.717, 1.165) is 12.8 Å². The summed E-state index contributed by atoms with van der Waals surface area (Å²) in [5.74, 6) is 0. The van der Waals surface area contributed by atoms with Crippen molar-refractivity contribution in [1.82, 2.24) is 0 Å². The van der Waals surface area contributed by atoms with Gasteiger partial charge in [-0.3, -0.25) is 0 Å². The SMILES string of the molecule is CCOCC(O)COCC1(N)CCCCC1. The van der Waals surface area contributed by atoms with Crippen LogP contribution >= 0.6 is 0 Å². The Morgan fingerprint density at radius 3 is 2.44 bits per heavy atom. The van der Waals surface area contributed by atoms with Gasteiger partial charge in [-0.15, -0.1) is 0 Å². The predicted octanol–water partition coefficient (Wildman–Crippen LogP) is 1.06. The van der Waals surface area contributed by atoms with Crippen LogP contribution in [0.1, 0.15) is 39.0 Å². The van der Waals surface area contributed by atoms with Crippen LogP contribution in [0, 0.1) is 0 Å². The molecule has 96 valence electrons. The first-order valence-corrected chi connectivity index (χ1v) is 6.29. The van der Waals surface area contributed by atoms with Gasteiger partial charge in [0.25, 0.3) is 0 Å². The quantitative estimate of drug-likeness (QED) is 0.687. The number of hydrogen-bond donors (Lipinski definition) is 2. The van der Waals surface area contributed by atoms with Gasteiger partial charge in [0.15, 0.2) is 0 Å². The Morgan fingerprint density at radius 2 is 1.81 bits per heavy atom. The molecule has 1 saturated carbocycles. The molecule has 4 heteroatoms. The van der Waals surface area contributed by atoms with Crippen LogP contribution < -0.4 is 5.73 Å². The maximum absolute atomic E-state index is 9.50. The average molecular weight is 231 g/mol. The van der Waals surface area contributed by atoms with Gasteiger partial charge in [-0.1, -0.05) is 19.3 Å². The third kappa shape index (κ3) is 5.25. The van der Waals surface area contributed by atoms with E-state index in [-0.39, 0.29) is 5.54 Å². The van der Waals surface area contributed by atoms with Crippen LogP contribution in [-0.2, 0) is 9.47 Å². The van der Waals surface area contributed by atoms with Gasteiger partial charge in [0.2, 0.25) is 0 Å². The van der Waals surface area contributed by atoms with Crippen molar-refractivity contribution < 1.29 is 14.6 Å². The number of ether oxygens (including phenoxy) is 2. The van der Waals surface area contributed by atoms with Crippen molar-refractivity contribution in [2.24, 2.45) is 5.73 Å². The monoisotopic (exact) mass is 231 g/mol. The van der Waals surface area contributed by atoms with Gasteiger partial charge in [-0.25, -0.2) is 0 Å². The molecule has 0 amide bonds. The van der Waals surface area contributed by atoms with Crippen LogP contribution in [0.15, 0.2) is 0 Å². The minimum Gasteiger partial charge on any atom is -0.388 e. The lowest BCUT2D eigenvalue weighted by Crippen LogP contribution is -2.46. The van der Waals surface area contributed by atoms with Gasteiger partial charge in [-0.2, -0.15) is 0 Å². The van der Waals surface area contributed by atoms with Crippen LogP contribution in [0.2, 0.25) is 0 Å². The molecule has 0 radical (unpaired) electrons. The molecule has 1 fully saturated rings. The molecule has 0 spiro atoms. The smallest absolute Gasteiger partial charge is 0.101 e. The van der Waals surface area contributed by atoms with E-state index < -0.39 is 6.10 Å². The standard InChI is InChI=1S/C12H25NO3/c1-2-15-8-11(14)9-16-10-12(13)6-4-3-5-7-12/h11,14H,2-10,13H2,1H3. The minimum absolute atomic E-state index is 0.163. The second-order valence-corrected chi connectivity index (χ2v) is 4.75. The van der Waals surface area contributed by atoms with Gasteiger partial charge in [0.05, 0.1) is 19.8 Å². The summed E-state index contributed by atoms with van der Waals surface area (Å²) in [7, 11) is 0. The zero-order valence-corrected chi connectivity index (χ0v) is 10.3. The van der Waals surface area contributed by atoms with Crippen molar-refractivity contribution in [1.29, 1.82) is 0 Å². The van der Waals surface area contributed by atoms with Crippen LogP contribution in [-0.4, -0.2) is 43.2 Å². The van der Waals surface area contributed by atoms with E-state index in [1.807, 2.05) is 6.92 Å². The van der Waals surface area contributed by atoms with E-state index in [1.165, 1.54) is 19.3 Å². The molecule has 1 aliphatic rings. The summed E-state index contributed by atoms with van der Waals surface area (Å²) < 4.78 is 10.6. The molecule has 1 unspecified atom stereocenters. The van der Waals surface area contributed by atoms with Crippen molar-refractivity contribution in [3.8, 4) is 0 Å². The summed E-state index contributed by atoms with van der Waals surface area (Å²) in [4.78, 5) is 0. The highest BCUT2D eigenvalue weighted by Gasteiger charge is 2.27.